The molecular weight excluding hydrogens is 230 g/mol. The van der Waals surface area contributed by atoms with Crippen molar-refractivity contribution in [3.63, 3.8) is 0 Å². The second-order valence-electron chi connectivity index (χ2n) is 3.53. The summed E-state index contributed by atoms with van der Waals surface area (Å²) in [6, 6.07) is 6.79. The van der Waals surface area contributed by atoms with E-state index in [1.807, 2.05) is 6.07 Å². The number of anilines is 2. The van der Waals surface area contributed by atoms with Gasteiger partial charge in [-0.15, -0.1) is 6.58 Å². The highest BCUT2D eigenvalue weighted by atomic mass is 16.3. The van der Waals surface area contributed by atoms with Crippen molar-refractivity contribution >= 4 is 17.4 Å². The summed E-state index contributed by atoms with van der Waals surface area (Å²) in [6.07, 6.45) is 4.85. The summed E-state index contributed by atoms with van der Waals surface area (Å²) in [5.74, 6) is 0.408. The van der Waals surface area contributed by atoms with Crippen molar-refractivity contribution in [1.29, 1.82) is 0 Å². The molecule has 0 aromatic carbocycles. The van der Waals surface area contributed by atoms with E-state index in [9.17, 15) is 4.79 Å². The molecule has 0 bridgehead atoms. The fourth-order valence-corrected chi connectivity index (χ4v) is 1.35. The fourth-order valence-electron chi connectivity index (χ4n) is 1.35. The Morgan fingerprint density at radius 2 is 2.33 bits per heavy atom. The highest BCUT2D eigenvalue weighted by molar-refractivity contribution is 6.01. The Kier molecular flexibility index (Phi) is 3.76. The standard InChI is InChI=1S/C13H13N3O2/c1-2-7-14-10-5-6-12(15-9-10)16-13(17)11-4-3-8-18-11/h2-6,8-9,14H,1,7H2,(H,15,16,17). The van der Waals surface area contributed by atoms with Gasteiger partial charge in [0, 0.05) is 6.54 Å². The van der Waals surface area contributed by atoms with Crippen LogP contribution in [-0.2, 0) is 0 Å². The molecule has 18 heavy (non-hydrogen) atoms. The minimum absolute atomic E-state index is 0.255. The van der Waals surface area contributed by atoms with Crippen LogP contribution >= 0.6 is 0 Å². The third-order valence-corrected chi connectivity index (χ3v) is 2.20. The van der Waals surface area contributed by atoms with Gasteiger partial charge in [-0.25, -0.2) is 4.98 Å². The van der Waals surface area contributed by atoms with E-state index in [0.717, 1.165) is 5.69 Å². The SMILES string of the molecule is C=CCNc1ccc(NC(=O)c2ccco2)nc1. The molecule has 0 atom stereocenters. The molecule has 1 amide bonds. The van der Waals surface area contributed by atoms with Gasteiger partial charge >= 0.3 is 0 Å². The Balaban J connectivity index is 1.98. The number of amides is 1. The third kappa shape index (κ3) is 2.98. The summed E-state index contributed by atoms with van der Waals surface area (Å²) in [4.78, 5) is 15.8. The molecule has 0 aliphatic heterocycles. The highest BCUT2D eigenvalue weighted by Gasteiger charge is 2.08. The van der Waals surface area contributed by atoms with Crippen molar-refractivity contribution in [2.24, 2.45) is 0 Å². The average molecular weight is 243 g/mol. The Morgan fingerprint density at radius 1 is 1.44 bits per heavy atom. The van der Waals surface area contributed by atoms with Crippen LogP contribution in [0.15, 0.2) is 53.8 Å². The van der Waals surface area contributed by atoms with E-state index in [2.05, 4.69) is 22.2 Å². The Morgan fingerprint density at radius 3 is 2.94 bits per heavy atom. The molecule has 0 unspecified atom stereocenters. The topological polar surface area (TPSA) is 67.2 Å². The van der Waals surface area contributed by atoms with Crippen LogP contribution in [0.1, 0.15) is 10.6 Å². The lowest BCUT2D eigenvalue weighted by atomic mass is 10.3. The zero-order valence-electron chi connectivity index (χ0n) is 9.72. The first kappa shape index (κ1) is 11.9. The van der Waals surface area contributed by atoms with Crippen molar-refractivity contribution in [3.8, 4) is 0 Å². The van der Waals surface area contributed by atoms with Gasteiger partial charge in [0.15, 0.2) is 5.76 Å². The van der Waals surface area contributed by atoms with Gasteiger partial charge in [0.2, 0.25) is 0 Å². The maximum Gasteiger partial charge on any atom is 0.292 e. The number of nitrogens with one attached hydrogen (secondary N) is 2. The number of hydrogen-bond acceptors (Lipinski definition) is 4. The molecule has 0 saturated heterocycles. The number of carbonyl (C=O) groups excluding carboxylic acids is 1. The van der Waals surface area contributed by atoms with E-state index in [1.165, 1.54) is 6.26 Å². The van der Waals surface area contributed by atoms with Crippen LogP contribution in [-0.4, -0.2) is 17.4 Å². The Hall–Kier alpha value is -2.56. The minimum Gasteiger partial charge on any atom is -0.459 e. The Bertz CT molecular complexity index is 518. The number of nitrogens with zero attached hydrogens (tertiary/aromatic N) is 1. The van der Waals surface area contributed by atoms with Crippen molar-refractivity contribution in [2.75, 3.05) is 17.2 Å². The molecule has 0 spiro atoms. The van der Waals surface area contributed by atoms with Crippen LogP contribution in [0.3, 0.4) is 0 Å². The monoisotopic (exact) mass is 243 g/mol. The molecule has 2 aromatic rings. The molecule has 2 heterocycles. The molecule has 0 aliphatic rings. The summed E-state index contributed by atoms with van der Waals surface area (Å²) < 4.78 is 4.98. The summed E-state index contributed by atoms with van der Waals surface area (Å²) in [7, 11) is 0. The predicted molar refractivity (Wildman–Crippen MR) is 69.6 cm³/mol. The minimum atomic E-state index is -0.320. The van der Waals surface area contributed by atoms with Crippen molar-refractivity contribution in [3.05, 3.63) is 55.1 Å². The molecule has 0 saturated carbocycles. The van der Waals surface area contributed by atoms with Gasteiger partial charge in [0.05, 0.1) is 18.1 Å². The maximum absolute atomic E-state index is 11.7. The zero-order chi connectivity index (χ0) is 12.8. The fraction of sp³-hybridized carbons (Fsp3) is 0.0769. The highest BCUT2D eigenvalue weighted by Crippen LogP contribution is 2.11. The van der Waals surface area contributed by atoms with E-state index in [0.29, 0.717) is 12.4 Å². The van der Waals surface area contributed by atoms with Gasteiger partial charge in [0.1, 0.15) is 5.82 Å². The molecule has 2 aromatic heterocycles. The smallest absolute Gasteiger partial charge is 0.292 e. The molecule has 92 valence electrons. The van der Waals surface area contributed by atoms with E-state index >= 15 is 0 Å². The van der Waals surface area contributed by atoms with Crippen molar-refractivity contribution in [2.45, 2.75) is 0 Å². The van der Waals surface area contributed by atoms with Crippen LogP contribution < -0.4 is 10.6 Å². The van der Waals surface area contributed by atoms with Gasteiger partial charge in [-0.1, -0.05) is 6.08 Å². The van der Waals surface area contributed by atoms with Crippen LogP contribution in [0.5, 0.6) is 0 Å². The van der Waals surface area contributed by atoms with Gasteiger partial charge in [-0.3, -0.25) is 4.79 Å². The maximum atomic E-state index is 11.7. The molecule has 5 heteroatoms. The molecule has 0 aliphatic carbocycles. The van der Waals surface area contributed by atoms with Crippen molar-refractivity contribution in [1.82, 2.24) is 4.98 Å². The van der Waals surface area contributed by atoms with Crippen molar-refractivity contribution < 1.29 is 9.21 Å². The van der Waals surface area contributed by atoms with E-state index in [-0.39, 0.29) is 11.7 Å². The first-order chi connectivity index (χ1) is 8.79. The second-order valence-corrected chi connectivity index (χ2v) is 3.53. The molecule has 5 nitrogen and oxygen atoms in total. The Labute approximate surface area is 105 Å². The number of rotatable bonds is 5. The molecule has 0 fully saturated rings. The summed E-state index contributed by atoms with van der Waals surface area (Å²) in [6.45, 7) is 4.28. The largest absolute Gasteiger partial charge is 0.459 e. The average Bonchev–Trinajstić information content (AvgIpc) is 2.92. The second kappa shape index (κ2) is 5.67. The molecule has 2 rings (SSSR count). The number of carbonyl (C=O) groups is 1. The first-order valence-corrected chi connectivity index (χ1v) is 5.45. The van der Waals surface area contributed by atoms with Crippen LogP contribution in [0.2, 0.25) is 0 Å². The third-order valence-electron chi connectivity index (χ3n) is 2.20. The number of aromatic nitrogens is 1. The van der Waals surface area contributed by atoms with Gasteiger partial charge in [-0.2, -0.15) is 0 Å². The van der Waals surface area contributed by atoms with Gasteiger partial charge in [0.25, 0.3) is 5.91 Å². The zero-order valence-corrected chi connectivity index (χ0v) is 9.72. The van der Waals surface area contributed by atoms with Gasteiger partial charge in [-0.05, 0) is 24.3 Å². The summed E-state index contributed by atoms with van der Waals surface area (Å²) in [5, 5.41) is 5.73. The normalized spacial score (nSPS) is 9.78. The predicted octanol–water partition coefficient (Wildman–Crippen LogP) is 2.52. The quantitative estimate of drug-likeness (QED) is 0.792. The molecule has 2 N–H and O–H groups in total. The molecular formula is C13H13N3O2. The lowest BCUT2D eigenvalue weighted by Crippen LogP contribution is -2.12. The van der Waals surface area contributed by atoms with E-state index in [1.54, 1.807) is 30.5 Å². The molecule has 0 radical (unpaired) electrons. The lowest BCUT2D eigenvalue weighted by molar-refractivity contribution is 0.0996. The van der Waals surface area contributed by atoms with Crippen LogP contribution in [0.4, 0.5) is 11.5 Å². The van der Waals surface area contributed by atoms with Crippen LogP contribution in [0, 0.1) is 0 Å². The number of hydrogen-bond donors (Lipinski definition) is 2. The number of furan rings is 1. The van der Waals surface area contributed by atoms with E-state index in [4.69, 9.17) is 4.42 Å². The summed E-state index contributed by atoms with van der Waals surface area (Å²) >= 11 is 0. The summed E-state index contributed by atoms with van der Waals surface area (Å²) in [5.41, 5.74) is 0.867. The number of pyridine rings is 1. The van der Waals surface area contributed by atoms with Gasteiger partial charge < -0.3 is 15.1 Å². The first-order valence-electron chi connectivity index (χ1n) is 5.45. The van der Waals surface area contributed by atoms with Crippen LogP contribution in [0.25, 0.3) is 0 Å². The van der Waals surface area contributed by atoms with E-state index < -0.39 is 0 Å². The lowest BCUT2D eigenvalue weighted by Gasteiger charge is -2.05.